The highest BCUT2D eigenvalue weighted by atomic mass is 35.5. The van der Waals surface area contributed by atoms with Crippen LogP contribution in [0.15, 0.2) is 54.6 Å². The topological polar surface area (TPSA) is 52.6 Å². The molecule has 138 valence electrons. The number of hydrogen-bond acceptors (Lipinski definition) is 4. The summed E-state index contributed by atoms with van der Waals surface area (Å²) in [4.78, 5) is 23.9. The van der Waals surface area contributed by atoms with E-state index in [4.69, 9.17) is 21.1 Å². The molecule has 5 heteroatoms. The first-order chi connectivity index (χ1) is 12.5. The average molecular weight is 375 g/mol. The summed E-state index contributed by atoms with van der Waals surface area (Å²) < 4.78 is 10.6. The van der Waals surface area contributed by atoms with E-state index < -0.39 is 11.3 Å². The molecule has 0 amide bonds. The minimum absolute atomic E-state index is 0.0571. The summed E-state index contributed by atoms with van der Waals surface area (Å²) in [5.41, 5.74) is 1.60. The lowest BCUT2D eigenvalue weighted by Crippen LogP contribution is -2.20. The minimum atomic E-state index is -0.703. The molecule has 0 bridgehead atoms. The Bertz CT molecular complexity index is 713. The Labute approximate surface area is 159 Å². The molecule has 0 heterocycles. The van der Waals surface area contributed by atoms with Crippen LogP contribution in [0.1, 0.15) is 29.8 Å². The van der Waals surface area contributed by atoms with Gasteiger partial charge in [0, 0.05) is 5.56 Å². The van der Waals surface area contributed by atoms with Gasteiger partial charge in [-0.3, -0.25) is 9.59 Å². The van der Waals surface area contributed by atoms with Crippen LogP contribution >= 0.6 is 11.6 Å². The van der Waals surface area contributed by atoms with Gasteiger partial charge < -0.3 is 9.47 Å². The molecule has 0 saturated heterocycles. The van der Waals surface area contributed by atoms with E-state index in [1.807, 2.05) is 49.4 Å². The first kappa shape index (κ1) is 20.0. The van der Waals surface area contributed by atoms with E-state index in [-0.39, 0.29) is 11.7 Å². The van der Waals surface area contributed by atoms with Gasteiger partial charge in [0.1, 0.15) is 11.1 Å². The maximum atomic E-state index is 12.3. The highest BCUT2D eigenvalue weighted by Gasteiger charge is 2.18. The monoisotopic (exact) mass is 374 g/mol. The lowest BCUT2D eigenvalue weighted by Gasteiger charge is -2.13. The highest BCUT2D eigenvalue weighted by Crippen LogP contribution is 2.17. The molecule has 0 radical (unpaired) electrons. The van der Waals surface area contributed by atoms with Crippen molar-refractivity contribution >= 4 is 23.4 Å². The van der Waals surface area contributed by atoms with E-state index in [1.165, 1.54) is 0 Å². The Hall–Kier alpha value is -2.33. The Morgan fingerprint density at radius 3 is 2.31 bits per heavy atom. The van der Waals surface area contributed by atoms with Crippen molar-refractivity contribution in [2.24, 2.45) is 5.92 Å². The first-order valence-electron chi connectivity index (χ1n) is 8.63. The molecule has 0 fully saturated rings. The lowest BCUT2D eigenvalue weighted by molar-refractivity contribution is -0.142. The van der Waals surface area contributed by atoms with Crippen LogP contribution in [0, 0.1) is 5.92 Å². The number of rotatable bonds is 9. The predicted octanol–water partition coefficient (Wildman–Crippen LogP) is 4.30. The second-order valence-corrected chi connectivity index (χ2v) is 6.54. The number of carbonyl (C=O) groups is 2. The number of carbonyl (C=O) groups excluding carboxylic acids is 2. The summed E-state index contributed by atoms with van der Waals surface area (Å²) >= 11 is 6.04. The molecule has 0 aliphatic carbocycles. The summed E-state index contributed by atoms with van der Waals surface area (Å²) in [5.74, 6) is 0.0706. The van der Waals surface area contributed by atoms with Gasteiger partial charge in [-0.05, 0) is 31.0 Å². The van der Waals surface area contributed by atoms with Crippen molar-refractivity contribution in [1.82, 2.24) is 0 Å². The van der Waals surface area contributed by atoms with E-state index in [0.717, 1.165) is 5.56 Å². The fraction of sp³-hybridized carbons (Fsp3) is 0.333. The van der Waals surface area contributed by atoms with Gasteiger partial charge >= 0.3 is 5.97 Å². The number of hydrogen-bond donors (Lipinski definition) is 0. The zero-order valence-electron chi connectivity index (χ0n) is 15.0. The average Bonchev–Trinajstić information content (AvgIpc) is 2.67. The van der Waals surface area contributed by atoms with Gasteiger partial charge in [-0.25, -0.2) is 0 Å². The Morgan fingerprint density at radius 2 is 1.69 bits per heavy atom. The van der Waals surface area contributed by atoms with E-state index in [0.29, 0.717) is 30.9 Å². The molecule has 0 N–H and O–H groups in total. The summed E-state index contributed by atoms with van der Waals surface area (Å²) in [7, 11) is 0. The SMILES string of the molecule is CCOC(=O)C(Cl)Cc1ccc(OCC(C)C(=O)c2ccccc2)cc1. The molecule has 0 spiro atoms. The molecule has 2 aromatic rings. The fourth-order valence-electron chi connectivity index (χ4n) is 2.43. The number of benzene rings is 2. The number of ketones is 1. The van der Waals surface area contributed by atoms with Gasteiger partial charge in [-0.15, -0.1) is 11.6 Å². The summed E-state index contributed by atoms with van der Waals surface area (Å²) in [6.07, 6.45) is 0.392. The van der Waals surface area contributed by atoms with E-state index in [1.54, 1.807) is 19.1 Å². The molecule has 26 heavy (non-hydrogen) atoms. The smallest absolute Gasteiger partial charge is 0.324 e. The lowest BCUT2D eigenvalue weighted by atomic mass is 10.0. The standard InChI is InChI=1S/C21H23ClO4/c1-3-25-21(24)19(22)13-16-9-11-18(12-10-16)26-14-15(2)20(23)17-7-5-4-6-8-17/h4-12,15,19H,3,13-14H2,1-2H3. The highest BCUT2D eigenvalue weighted by molar-refractivity contribution is 6.30. The normalized spacial score (nSPS) is 12.9. The van der Waals surface area contributed by atoms with Gasteiger partial charge in [0.25, 0.3) is 0 Å². The third-order valence-corrected chi connectivity index (χ3v) is 4.22. The van der Waals surface area contributed by atoms with Gasteiger partial charge in [0.05, 0.1) is 19.1 Å². The van der Waals surface area contributed by atoms with Crippen LogP contribution < -0.4 is 4.74 Å². The van der Waals surface area contributed by atoms with Crippen LogP contribution in [-0.4, -0.2) is 30.3 Å². The van der Waals surface area contributed by atoms with Gasteiger partial charge in [0.2, 0.25) is 0 Å². The molecule has 2 rings (SSSR count). The number of alkyl halides is 1. The second kappa shape index (κ2) is 9.97. The zero-order chi connectivity index (χ0) is 18.9. The third kappa shape index (κ3) is 5.88. The second-order valence-electron chi connectivity index (χ2n) is 6.01. The maximum Gasteiger partial charge on any atom is 0.324 e. The van der Waals surface area contributed by atoms with Crippen molar-refractivity contribution < 1.29 is 19.1 Å². The van der Waals surface area contributed by atoms with Crippen LogP contribution in [-0.2, 0) is 16.0 Å². The quantitative estimate of drug-likeness (QED) is 0.373. The Kier molecular flexibility index (Phi) is 7.67. The van der Waals surface area contributed by atoms with E-state index >= 15 is 0 Å². The zero-order valence-corrected chi connectivity index (χ0v) is 15.7. The first-order valence-corrected chi connectivity index (χ1v) is 9.06. The Balaban J connectivity index is 1.85. The molecule has 2 unspecified atom stereocenters. The molecular weight excluding hydrogens is 352 g/mol. The maximum absolute atomic E-state index is 12.3. The summed E-state index contributed by atoms with van der Waals surface area (Å²) in [6.45, 7) is 4.21. The molecule has 0 saturated carbocycles. The summed E-state index contributed by atoms with van der Waals surface area (Å²) in [6, 6.07) is 16.5. The van der Waals surface area contributed by atoms with Gasteiger partial charge in [-0.1, -0.05) is 49.4 Å². The molecule has 4 nitrogen and oxygen atoms in total. The van der Waals surface area contributed by atoms with Crippen molar-refractivity contribution in [3.05, 3.63) is 65.7 Å². The fourth-order valence-corrected chi connectivity index (χ4v) is 2.67. The van der Waals surface area contributed by atoms with Crippen molar-refractivity contribution in [2.45, 2.75) is 25.6 Å². The predicted molar refractivity (Wildman–Crippen MR) is 102 cm³/mol. The van der Waals surface area contributed by atoms with Crippen molar-refractivity contribution in [3.63, 3.8) is 0 Å². The number of ether oxygens (including phenoxy) is 2. The van der Waals surface area contributed by atoms with Gasteiger partial charge in [-0.2, -0.15) is 0 Å². The summed E-state index contributed by atoms with van der Waals surface area (Å²) in [5, 5.41) is -0.703. The number of halogens is 1. The van der Waals surface area contributed by atoms with Gasteiger partial charge in [0.15, 0.2) is 5.78 Å². The number of esters is 1. The molecular formula is C21H23ClO4. The molecule has 2 atom stereocenters. The van der Waals surface area contributed by atoms with Crippen LogP contribution in [0.4, 0.5) is 0 Å². The third-order valence-electron chi connectivity index (χ3n) is 3.89. The van der Waals surface area contributed by atoms with Crippen molar-refractivity contribution in [3.8, 4) is 5.75 Å². The number of Topliss-reactive ketones (excluding diaryl/α,β-unsaturated/α-hetero) is 1. The van der Waals surface area contributed by atoms with Crippen molar-refractivity contribution in [2.75, 3.05) is 13.2 Å². The molecule has 0 aliphatic rings. The van der Waals surface area contributed by atoms with Crippen molar-refractivity contribution in [1.29, 1.82) is 0 Å². The molecule has 0 aromatic heterocycles. The van der Waals surface area contributed by atoms with Crippen LogP contribution in [0.2, 0.25) is 0 Å². The van der Waals surface area contributed by atoms with E-state index in [9.17, 15) is 9.59 Å². The minimum Gasteiger partial charge on any atom is -0.493 e. The van der Waals surface area contributed by atoms with E-state index in [2.05, 4.69) is 0 Å². The van der Waals surface area contributed by atoms with Crippen LogP contribution in [0.5, 0.6) is 5.75 Å². The molecule has 0 aliphatic heterocycles. The Morgan fingerprint density at radius 1 is 1.04 bits per heavy atom. The molecule has 2 aromatic carbocycles. The largest absolute Gasteiger partial charge is 0.493 e. The van der Waals surface area contributed by atoms with Crippen LogP contribution in [0.25, 0.3) is 0 Å². The van der Waals surface area contributed by atoms with Crippen LogP contribution in [0.3, 0.4) is 0 Å².